The number of hydrogen-bond acceptors (Lipinski definition) is 5. The second-order valence-electron chi connectivity index (χ2n) is 8.72. The van der Waals surface area contributed by atoms with Crippen LogP contribution in [0.25, 0.3) is 23.0 Å². The van der Waals surface area contributed by atoms with Gasteiger partial charge < -0.3 is 4.74 Å². The van der Waals surface area contributed by atoms with Gasteiger partial charge in [-0.2, -0.15) is 5.10 Å². The van der Waals surface area contributed by atoms with Crippen LogP contribution in [0.3, 0.4) is 0 Å². The number of thiocarbonyl (C=S) groups is 1. The number of carbonyl (C=O) groups excluding carboxylic acids is 1. The van der Waals surface area contributed by atoms with Crippen LogP contribution in [0.2, 0.25) is 0 Å². The Labute approximate surface area is 210 Å². The Hall–Kier alpha value is -2.90. The maximum atomic E-state index is 13.1. The van der Waals surface area contributed by atoms with Crippen molar-refractivity contribution in [3.05, 3.63) is 70.8 Å². The van der Waals surface area contributed by atoms with E-state index in [1.165, 1.54) is 11.8 Å². The monoisotopic (exact) mass is 491 g/mol. The molecule has 176 valence electrons. The highest BCUT2D eigenvalue weighted by atomic mass is 32.2. The first-order valence-electron chi connectivity index (χ1n) is 11.5. The second kappa shape index (κ2) is 10.6. The number of amides is 1. The molecule has 0 radical (unpaired) electrons. The quantitative estimate of drug-likeness (QED) is 0.266. The molecule has 5 nitrogen and oxygen atoms in total. The smallest absolute Gasteiger partial charge is 0.266 e. The lowest BCUT2D eigenvalue weighted by atomic mass is 10.0. The van der Waals surface area contributed by atoms with Gasteiger partial charge in [0.15, 0.2) is 0 Å². The minimum absolute atomic E-state index is 0.0397. The molecular formula is C27H29N3O2S2. The summed E-state index contributed by atoms with van der Waals surface area (Å²) in [6.07, 6.45) is 4.85. The summed E-state index contributed by atoms with van der Waals surface area (Å²) in [4.78, 5) is 15.4. The molecular weight excluding hydrogens is 462 g/mol. The molecule has 1 aliphatic rings. The Balaban J connectivity index is 1.77. The molecule has 0 unspecified atom stereocenters. The molecule has 0 aliphatic carbocycles. The third-order valence-corrected chi connectivity index (χ3v) is 6.77. The summed E-state index contributed by atoms with van der Waals surface area (Å²) >= 11 is 6.85. The average Bonchev–Trinajstić information content (AvgIpc) is 3.34. The fraction of sp³-hybridized carbons (Fsp3) is 0.296. The lowest BCUT2D eigenvalue weighted by Crippen LogP contribution is -2.31. The molecule has 1 amide bonds. The number of aromatic nitrogens is 2. The Bertz CT molecular complexity index is 1230. The number of carbonyl (C=O) groups is 1. The standard InChI is InChI=1S/C27H29N3O2S2/c1-5-13-32-22-11-12-23(19(4)14-22)25-20(17-30(28-25)21-9-7-6-8-10-21)15-24-26(31)29(16-18(2)3)27(33)34-24/h6-12,14-15,17-18H,5,13,16H2,1-4H3/b24-15-. The van der Waals surface area contributed by atoms with E-state index in [1.54, 1.807) is 4.90 Å². The fourth-order valence-electron chi connectivity index (χ4n) is 3.79. The van der Waals surface area contributed by atoms with Gasteiger partial charge >= 0.3 is 0 Å². The van der Waals surface area contributed by atoms with Crippen LogP contribution in [0.4, 0.5) is 0 Å². The van der Waals surface area contributed by atoms with Gasteiger partial charge in [-0.15, -0.1) is 0 Å². The first kappa shape index (κ1) is 24.2. The lowest BCUT2D eigenvalue weighted by molar-refractivity contribution is -0.122. The van der Waals surface area contributed by atoms with Gasteiger partial charge in [-0.05, 0) is 61.2 Å². The Morgan fingerprint density at radius 3 is 2.62 bits per heavy atom. The molecule has 34 heavy (non-hydrogen) atoms. The van der Waals surface area contributed by atoms with E-state index in [1.807, 2.05) is 65.5 Å². The zero-order valence-electron chi connectivity index (χ0n) is 19.9. The molecule has 0 N–H and O–H groups in total. The summed E-state index contributed by atoms with van der Waals surface area (Å²) in [6, 6.07) is 16.0. The summed E-state index contributed by atoms with van der Waals surface area (Å²) < 4.78 is 8.27. The first-order valence-corrected chi connectivity index (χ1v) is 12.7. The van der Waals surface area contributed by atoms with Crippen molar-refractivity contribution in [1.82, 2.24) is 14.7 Å². The Kier molecular flexibility index (Phi) is 7.54. The van der Waals surface area contributed by atoms with Crippen LogP contribution < -0.4 is 4.74 Å². The van der Waals surface area contributed by atoms with E-state index in [0.717, 1.165) is 40.2 Å². The fourth-order valence-corrected chi connectivity index (χ4v) is 5.06. The molecule has 4 rings (SSSR count). The molecule has 0 bridgehead atoms. The molecule has 1 aromatic heterocycles. The molecule has 3 aromatic rings. The van der Waals surface area contributed by atoms with Gasteiger partial charge in [-0.1, -0.05) is 63.0 Å². The molecule has 0 saturated carbocycles. The van der Waals surface area contributed by atoms with E-state index in [-0.39, 0.29) is 5.91 Å². The van der Waals surface area contributed by atoms with E-state index in [9.17, 15) is 4.79 Å². The van der Waals surface area contributed by atoms with Gasteiger partial charge in [-0.25, -0.2) is 4.68 Å². The molecule has 0 spiro atoms. The van der Waals surface area contributed by atoms with Gasteiger partial charge in [-0.3, -0.25) is 9.69 Å². The van der Waals surface area contributed by atoms with Crippen molar-refractivity contribution in [2.75, 3.05) is 13.2 Å². The van der Waals surface area contributed by atoms with E-state index in [2.05, 4.69) is 27.7 Å². The Morgan fingerprint density at radius 1 is 1.18 bits per heavy atom. The van der Waals surface area contributed by atoms with E-state index in [0.29, 0.717) is 28.3 Å². The number of aryl methyl sites for hydroxylation is 1. The van der Waals surface area contributed by atoms with E-state index in [4.69, 9.17) is 22.1 Å². The highest BCUT2D eigenvalue weighted by Crippen LogP contribution is 2.36. The lowest BCUT2D eigenvalue weighted by Gasteiger charge is -2.16. The predicted octanol–water partition coefficient (Wildman–Crippen LogP) is 6.49. The van der Waals surface area contributed by atoms with Crippen molar-refractivity contribution in [2.45, 2.75) is 34.1 Å². The van der Waals surface area contributed by atoms with Crippen molar-refractivity contribution in [3.63, 3.8) is 0 Å². The number of benzene rings is 2. The maximum Gasteiger partial charge on any atom is 0.266 e. The number of rotatable bonds is 8. The summed E-state index contributed by atoms with van der Waals surface area (Å²) in [5, 5.41) is 4.92. The number of nitrogens with zero attached hydrogens (tertiary/aromatic N) is 3. The van der Waals surface area contributed by atoms with Crippen LogP contribution in [0.5, 0.6) is 5.75 Å². The number of para-hydroxylation sites is 1. The normalized spacial score (nSPS) is 15.1. The topological polar surface area (TPSA) is 47.4 Å². The molecule has 1 fully saturated rings. The number of ether oxygens (including phenoxy) is 1. The van der Waals surface area contributed by atoms with Gasteiger partial charge in [0.2, 0.25) is 0 Å². The van der Waals surface area contributed by atoms with Crippen LogP contribution in [0.1, 0.15) is 38.3 Å². The minimum atomic E-state index is -0.0397. The summed E-state index contributed by atoms with van der Waals surface area (Å²) in [5.41, 5.74) is 4.71. The summed E-state index contributed by atoms with van der Waals surface area (Å²) in [6.45, 7) is 9.62. The molecule has 2 heterocycles. The van der Waals surface area contributed by atoms with Gasteiger partial charge in [0.05, 0.1) is 17.2 Å². The number of thioether (sulfide) groups is 1. The van der Waals surface area contributed by atoms with Crippen molar-refractivity contribution in [1.29, 1.82) is 0 Å². The third kappa shape index (κ3) is 5.26. The highest BCUT2D eigenvalue weighted by molar-refractivity contribution is 8.26. The van der Waals surface area contributed by atoms with Crippen LogP contribution in [0.15, 0.2) is 59.6 Å². The molecule has 2 aromatic carbocycles. The average molecular weight is 492 g/mol. The molecule has 7 heteroatoms. The largest absolute Gasteiger partial charge is 0.494 e. The van der Waals surface area contributed by atoms with Gasteiger partial charge in [0.1, 0.15) is 15.8 Å². The van der Waals surface area contributed by atoms with Crippen LogP contribution in [-0.4, -0.2) is 38.1 Å². The van der Waals surface area contributed by atoms with E-state index < -0.39 is 0 Å². The second-order valence-corrected chi connectivity index (χ2v) is 10.4. The highest BCUT2D eigenvalue weighted by Gasteiger charge is 2.32. The summed E-state index contributed by atoms with van der Waals surface area (Å²) in [5.74, 6) is 1.15. The molecule has 1 saturated heterocycles. The summed E-state index contributed by atoms with van der Waals surface area (Å²) in [7, 11) is 0. The van der Waals surface area contributed by atoms with Crippen molar-refractivity contribution in [3.8, 4) is 22.7 Å². The van der Waals surface area contributed by atoms with Gasteiger partial charge in [0, 0.05) is 23.9 Å². The molecule has 0 atom stereocenters. The van der Waals surface area contributed by atoms with E-state index >= 15 is 0 Å². The van der Waals surface area contributed by atoms with Gasteiger partial charge in [0.25, 0.3) is 5.91 Å². The third-order valence-electron chi connectivity index (χ3n) is 5.40. The number of hydrogen-bond donors (Lipinski definition) is 0. The van der Waals surface area contributed by atoms with Crippen molar-refractivity contribution in [2.24, 2.45) is 5.92 Å². The SMILES string of the molecule is CCCOc1ccc(-c2nn(-c3ccccc3)cc2/C=C2\SC(=S)N(CC(C)C)C2=O)c(C)c1. The van der Waals surface area contributed by atoms with Crippen molar-refractivity contribution >= 4 is 40.3 Å². The zero-order valence-corrected chi connectivity index (χ0v) is 21.6. The van der Waals surface area contributed by atoms with Crippen LogP contribution >= 0.6 is 24.0 Å². The zero-order chi connectivity index (χ0) is 24.2. The minimum Gasteiger partial charge on any atom is -0.494 e. The predicted molar refractivity (Wildman–Crippen MR) is 144 cm³/mol. The molecule has 1 aliphatic heterocycles. The first-order chi connectivity index (χ1) is 16.4. The Morgan fingerprint density at radius 2 is 1.94 bits per heavy atom. The maximum absolute atomic E-state index is 13.1. The van der Waals surface area contributed by atoms with Crippen LogP contribution in [0, 0.1) is 12.8 Å². The van der Waals surface area contributed by atoms with Crippen molar-refractivity contribution < 1.29 is 9.53 Å². The van der Waals surface area contributed by atoms with Crippen LogP contribution in [-0.2, 0) is 4.79 Å².